The van der Waals surface area contributed by atoms with Crippen molar-refractivity contribution in [2.45, 2.75) is 13.0 Å². The van der Waals surface area contributed by atoms with Gasteiger partial charge in [-0.1, -0.05) is 44.8 Å². The number of halogens is 2. The zero-order valence-electron chi connectivity index (χ0n) is 16.4. The lowest BCUT2D eigenvalue weighted by atomic mass is 9.95. The van der Waals surface area contributed by atoms with Crippen LogP contribution < -0.4 is 9.64 Å². The van der Waals surface area contributed by atoms with Crippen LogP contribution in [0.15, 0.2) is 63.1 Å². The number of methoxy groups -OCH3 is 1. The van der Waals surface area contributed by atoms with Crippen LogP contribution in [0.5, 0.6) is 5.75 Å². The number of aliphatic hydroxyl groups excluding tert-OH is 1. The van der Waals surface area contributed by atoms with Gasteiger partial charge < -0.3 is 14.4 Å². The summed E-state index contributed by atoms with van der Waals surface area (Å²) in [6, 6.07) is 12.3. The molecule has 3 aromatic rings. The topological polar surface area (TPSA) is 92.9 Å². The van der Waals surface area contributed by atoms with Crippen molar-refractivity contribution >= 4 is 50.8 Å². The van der Waals surface area contributed by atoms with Crippen molar-refractivity contribution in [3.8, 4) is 5.75 Å². The van der Waals surface area contributed by atoms with E-state index in [9.17, 15) is 14.7 Å². The number of rotatable bonds is 4. The Morgan fingerprint density at radius 3 is 2.48 bits per heavy atom. The minimum absolute atomic E-state index is 0.0748. The molecule has 31 heavy (non-hydrogen) atoms. The number of benzene rings is 2. The number of aromatic nitrogens is 1. The molecule has 1 fully saturated rings. The molecule has 0 radical (unpaired) electrons. The average Bonchev–Trinajstić information content (AvgIpc) is 3.29. The Hall–Kier alpha value is -3.10. The number of ketones is 1. The lowest BCUT2D eigenvalue weighted by molar-refractivity contribution is -0.132. The maximum absolute atomic E-state index is 13.0. The molecular weight excluding hydrogens is 488 g/mol. The van der Waals surface area contributed by atoms with Gasteiger partial charge in [-0.2, -0.15) is 0 Å². The number of aryl methyl sites for hydroxylation is 1. The predicted molar refractivity (Wildman–Crippen MR) is 118 cm³/mol. The quantitative estimate of drug-likeness (QED) is 0.305. The third kappa shape index (κ3) is 3.73. The van der Waals surface area contributed by atoms with Crippen molar-refractivity contribution in [1.29, 1.82) is 0 Å². The zero-order chi connectivity index (χ0) is 22.3. The molecule has 1 aromatic heterocycles. The summed E-state index contributed by atoms with van der Waals surface area (Å²) >= 11 is 9.58. The van der Waals surface area contributed by atoms with Crippen LogP contribution in [0.1, 0.15) is 22.9 Å². The second-order valence-electron chi connectivity index (χ2n) is 6.87. The predicted octanol–water partition coefficient (Wildman–Crippen LogP) is 5.03. The van der Waals surface area contributed by atoms with E-state index in [0.717, 1.165) is 4.47 Å². The summed E-state index contributed by atoms with van der Waals surface area (Å²) in [5.41, 5.74) is 0.820. The second kappa shape index (κ2) is 8.20. The first-order valence-electron chi connectivity index (χ1n) is 9.15. The van der Waals surface area contributed by atoms with Crippen molar-refractivity contribution in [1.82, 2.24) is 5.16 Å². The molecule has 0 bridgehead atoms. The molecule has 1 aliphatic heterocycles. The number of aliphatic hydroxyl groups is 1. The second-order valence-corrected chi connectivity index (χ2v) is 8.19. The Morgan fingerprint density at radius 2 is 1.90 bits per heavy atom. The maximum Gasteiger partial charge on any atom is 0.301 e. The van der Waals surface area contributed by atoms with Gasteiger partial charge in [-0.3, -0.25) is 14.5 Å². The Labute approximate surface area is 191 Å². The van der Waals surface area contributed by atoms with Gasteiger partial charge in [-0.15, -0.1) is 0 Å². The van der Waals surface area contributed by atoms with E-state index in [1.165, 1.54) is 18.1 Å². The summed E-state index contributed by atoms with van der Waals surface area (Å²) in [6.45, 7) is 1.68. The van der Waals surface area contributed by atoms with E-state index >= 15 is 0 Å². The standard InChI is InChI=1S/C22H16BrClN2O5/c1-11-9-17(25-31-11)26-19(12-3-6-14(23)7-4-12)18(21(28)22(26)29)20(27)13-5-8-16(30-2)15(24)10-13/h3-10,19,27H,1-2H3/b20-18+/t19-/m0/s1. The molecule has 1 amide bonds. The summed E-state index contributed by atoms with van der Waals surface area (Å²) in [5, 5.41) is 15.2. The summed E-state index contributed by atoms with van der Waals surface area (Å²) in [4.78, 5) is 27.2. The molecule has 158 valence electrons. The summed E-state index contributed by atoms with van der Waals surface area (Å²) < 4.78 is 11.1. The molecule has 1 N–H and O–H groups in total. The molecule has 0 spiro atoms. The van der Waals surface area contributed by atoms with Crippen molar-refractivity contribution < 1.29 is 24.0 Å². The summed E-state index contributed by atoms with van der Waals surface area (Å²) in [7, 11) is 1.47. The molecule has 2 aromatic carbocycles. The van der Waals surface area contributed by atoms with Crippen LogP contribution in [0.4, 0.5) is 5.82 Å². The molecular formula is C22H16BrClN2O5. The highest BCUT2D eigenvalue weighted by Crippen LogP contribution is 2.42. The average molecular weight is 504 g/mol. The van der Waals surface area contributed by atoms with Crippen LogP contribution in [-0.4, -0.2) is 29.1 Å². The van der Waals surface area contributed by atoms with Crippen molar-refractivity contribution in [2.75, 3.05) is 12.0 Å². The minimum atomic E-state index is -0.904. The van der Waals surface area contributed by atoms with Gasteiger partial charge in [0.25, 0.3) is 5.78 Å². The number of anilines is 1. The molecule has 2 heterocycles. The van der Waals surface area contributed by atoms with Gasteiger partial charge in [0.1, 0.15) is 17.3 Å². The highest BCUT2D eigenvalue weighted by atomic mass is 79.9. The van der Waals surface area contributed by atoms with Crippen molar-refractivity contribution in [3.63, 3.8) is 0 Å². The van der Waals surface area contributed by atoms with Gasteiger partial charge in [0.2, 0.25) is 0 Å². The number of hydrogen-bond acceptors (Lipinski definition) is 6. The normalized spacial score (nSPS) is 17.9. The first-order chi connectivity index (χ1) is 14.8. The molecule has 9 heteroatoms. The number of amides is 1. The van der Waals surface area contributed by atoms with E-state index in [4.69, 9.17) is 20.9 Å². The van der Waals surface area contributed by atoms with Crippen LogP contribution in [0.2, 0.25) is 5.02 Å². The Balaban J connectivity index is 1.93. The first-order valence-corrected chi connectivity index (χ1v) is 10.3. The van der Waals surface area contributed by atoms with Crippen LogP contribution in [-0.2, 0) is 9.59 Å². The summed E-state index contributed by atoms with van der Waals surface area (Å²) in [5.74, 6) is -0.923. The van der Waals surface area contributed by atoms with Crippen LogP contribution in [0.25, 0.3) is 5.76 Å². The Morgan fingerprint density at radius 1 is 1.19 bits per heavy atom. The van der Waals surface area contributed by atoms with E-state index in [0.29, 0.717) is 17.1 Å². The molecule has 0 saturated carbocycles. The van der Waals surface area contributed by atoms with E-state index in [2.05, 4.69) is 21.1 Å². The number of carbonyl (C=O) groups is 2. The smallest absolute Gasteiger partial charge is 0.301 e. The lowest BCUT2D eigenvalue weighted by Crippen LogP contribution is -2.29. The van der Waals surface area contributed by atoms with E-state index < -0.39 is 17.7 Å². The number of nitrogens with zero attached hydrogens (tertiary/aromatic N) is 2. The molecule has 4 rings (SSSR count). The largest absolute Gasteiger partial charge is 0.507 e. The highest BCUT2D eigenvalue weighted by Gasteiger charge is 2.48. The third-order valence-corrected chi connectivity index (χ3v) is 5.74. The van der Waals surface area contributed by atoms with Crippen LogP contribution >= 0.6 is 27.5 Å². The van der Waals surface area contributed by atoms with Crippen LogP contribution in [0.3, 0.4) is 0 Å². The van der Waals surface area contributed by atoms with Gasteiger partial charge in [0, 0.05) is 16.1 Å². The third-order valence-electron chi connectivity index (χ3n) is 4.92. The van der Waals surface area contributed by atoms with Gasteiger partial charge in [-0.05, 0) is 42.8 Å². The van der Waals surface area contributed by atoms with Crippen LogP contribution in [0, 0.1) is 6.92 Å². The first kappa shape index (κ1) is 21.1. The maximum atomic E-state index is 13.0. The Bertz CT molecular complexity index is 1220. The lowest BCUT2D eigenvalue weighted by Gasteiger charge is -2.23. The molecule has 1 aliphatic rings. The fourth-order valence-corrected chi connectivity index (χ4v) is 3.99. The van der Waals surface area contributed by atoms with E-state index in [1.807, 2.05) is 0 Å². The molecule has 1 saturated heterocycles. The number of ether oxygens (including phenoxy) is 1. The van der Waals surface area contributed by atoms with Gasteiger partial charge in [0.15, 0.2) is 5.82 Å². The number of hydrogen-bond donors (Lipinski definition) is 1. The fourth-order valence-electron chi connectivity index (χ4n) is 3.47. The zero-order valence-corrected chi connectivity index (χ0v) is 18.8. The van der Waals surface area contributed by atoms with Gasteiger partial charge >= 0.3 is 5.91 Å². The monoisotopic (exact) mass is 502 g/mol. The highest BCUT2D eigenvalue weighted by molar-refractivity contribution is 9.10. The van der Waals surface area contributed by atoms with Gasteiger partial charge in [-0.25, -0.2) is 0 Å². The molecule has 1 atom stereocenters. The Kier molecular flexibility index (Phi) is 5.60. The molecule has 7 nitrogen and oxygen atoms in total. The number of carbonyl (C=O) groups excluding carboxylic acids is 2. The summed E-state index contributed by atoms with van der Waals surface area (Å²) in [6.07, 6.45) is 0. The van der Waals surface area contributed by atoms with Crippen molar-refractivity contribution in [3.05, 3.63) is 80.5 Å². The van der Waals surface area contributed by atoms with Gasteiger partial charge in [0.05, 0.1) is 23.7 Å². The SMILES string of the molecule is COc1ccc(/C(O)=C2\C(=O)C(=O)N(c3cc(C)on3)[C@H]2c2ccc(Br)cc2)cc1Cl. The fraction of sp³-hybridized carbons (Fsp3) is 0.136. The van der Waals surface area contributed by atoms with E-state index in [-0.39, 0.29) is 27.7 Å². The molecule has 0 aliphatic carbocycles. The number of Topliss-reactive ketones (excluding diaryl/α,β-unsaturated/α-hetero) is 1. The molecule has 0 unspecified atom stereocenters. The minimum Gasteiger partial charge on any atom is -0.507 e. The van der Waals surface area contributed by atoms with Crippen molar-refractivity contribution in [2.24, 2.45) is 0 Å². The van der Waals surface area contributed by atoms with E-state index in [1.54, 1.807) is 49.4 Å².